The lowest BCUT2D eigenvalue weighted by Crippen LogP contribution is -2.11. The van der Waals surface area contributed by atoms with E-state index in [2.05, 4.69) is 30.1 Å². The van der Waals surface area contributed by atoms with Crippen molar-refractivity contribution in [3.8, 4) is 17.9 Å². The summed E-state index contributed by atoms with van der Waals surface area (Å²) in [4.78, 5) is 0. The van der Waals surface area contributed by atoms with E-state index >= 15 is 0 Å². The molecule has 0 amide bonds. The van der Waals surface area contributed by atoms with Gasteiger partial charge in [-0.05, 0) is 24.2 Å². The minimum absolute atomic E-state index is 0.289. The number of hydrogen-bond donors (Lipinski definition) is 1. The fourth-order valence-corrected chi connectivity index (χ4v) is 1.21. The molecule has 0 heterocycles. The van der Waals surface area contributed by atoms with E-state index in [1.807, 2.05) is 24.3 Å². The van der Waals surface area contributed by atoms with Crippen molar-refractivity contribution >= 4 is 0 Å². The van der Waals surface area contributed by atoms with Crippen molar-refractivity contribution in [3.05, 3.63) is 35.4 Å². The molecule has 1 rings (SSSR count). The SMILES string of the molecule is CCNCc1cccc(C#CCC#N)c1. The molecule has 1 aromatic carbocycles. The van der Waals surface area contributed by atoms with Gasteiger partial charge in [0.15, 0.2) is 0 Å². The number of nitrogens with zero attached hydrogens (tertiary/aromatic N) is 1. The summed E-state index contributed by atoms with van der Waals surface area (Å²) in [7, 11) is 0. The Labute approximate surface area is 90.9 Å². The predicted octanol–water partition coefficient (Wildman–Crippen LogP) is 2.06. The van der Waals surface area contributed by atoms with Crippen LogP contribution in [0.3, 0.4) is 0 Å². The Morgan fingerprint density at radius 1 is 1.40 bits per heavy atom. The van der Waals surface area contributed by atoms with Gasteiger partial charge in [0.2, 0.25) is 0 Å². The first kappa shape index (κ1) is 11.3. The van der Waals surface area contributed by atoms with Crippen molar-refractivity contribution in [1.29, 1.82) is 5.26 Å². The molecular formula is C13H14N2. The van der Waals surface area contributed by atoms with E-state index in [1.165, 1.54) is 5.56 Å². The highest BCUT2D eigenvalue weighted by molar-refractivity contribution is 5.37. The van der Waals surface area contributed by atoms with Gasteiger partial charge in [-0.25, -0.2) is 0 Å². The summed E-state index contributed by atoms with van der Waals surface area (Å²) in [5.74, 6) is 5.77. The molecule has 0 aliphatic heterocycles. The standard InChI is InChI=1S/C13H14N2/c1-2-15-11-13-8-5-7-12(10-13)6-3-4-9-14/h5,7-8,10,15H,2,4,11H2,1H3. The first-order chi connectivity index (χ1) is 7.36. The van der Waals surface area contributed by atoms with Gasteiger partial charge in [-0.15, -0.1) is 0 Å². The summed E-state index contributed by atoms with van der Waals surface area (Å²) in [6.07, 6.45) is 0.289. The highest BCUT2D eigenvalue weighted by atomic mass is 14.8. The van der Waals surface area contributed by atoms with E-state index in [9.17, 15) is 0 Å². The molecule has 15 heavy (non-hydrogen) atoms. The summed E-state index contributed by atoms with van der Waals surface area (Å²) in [6.45, 7) is 3.91. The summed E-state index contributed by atoms with van der Waals surface area (Å²) < 4.78 is 0. The molecule has 0 radical (unpaired) electrons. The molecule has 0 saturated carbocycles. The van der Waals surface area contributed by atoms with Crippen LogP contribution in [0.5, 0.6) is 0 Å². The third-order valence-electron chi connectivity index (χ3n) is 1.91. The van der Waals surface area contributed by atoms with Crippen molar-refractivity contribution in [3.63, 3.8) is 0 Å². The zero-order chi connectivity index (χ0) is 10.9. The average molecular weight is 198 g/mol. The normalized spacial score (nSPS) is 8.80. The summed E-state index contributed by atoms with van der Waals surface area (Å²) >= 11 is 0. The molecule has 0 bridgehead atoms. The fraction of sp³-hybridized carbons (Fsp3) is 0.308. The smallest absolute Gasteiger partial charge is 0.0966 e. The second-order valence-corrected chi connectivity index (χ2v) is 3.12. The second kappa shape index (κ2) is 6.65. The first-order valence-corrected chi connectivity index (χ1v) is 5.02. The molecule has 0 saturated heterocycles. The molecule has 1 N–H and O–H groups in total. The Balaban J connectivity index is 2.67. The molecule has 1 aromatic rings. The third-order valence-corrected chi connectivity index (χ3v) is 1.91. The van der Waals surface area contributed by atoms with Gasteiger partial charge >= 0.3 is 0 Å². The van der Waals surface area contributed by atoms with E-state index in [1.54, 1.807) is 0 Å². The van der Waals surface area contributed by atoms with Gasteiger partial charge in [0.25, 0.3) is 0 Å². The molecular weight excluding hydrogens is 184 g/mol. The van der Waals surface area contributed by atoms with Crippen LogP contribution in [0.1, 0.15) is 24.5 Å². The molecule has 0 spiro atoms. The maximum atomic E-state index is 8.35. The highest BCUT2D eigenvalue weighted by Gasteiger charge is 1.92. The van der Waals surface area contributed by atoms with Crippen LogP contribution >= 0.6 is 0 Å². The van der Waals surface area contributed by atoms with Crippen molar-refractivity contribution in [1.82, 2.24) is 5.32 Å². The van der Waals surface area contributed by atoms with Crippen molar-refractivity contribution < 1.29 is 0 Å². The number of nitrogens with one attached hydrogen (secondary N) is 1. The van der Waals surface area contributed by atoms with Crippen molar-refractivity contribution in [2.45, 2.75) is 19.9 Å². The Morgan fingerprint density at radius 3 is 3.00 bits per heavy atom. The first-order valence-electron chi connectivity index (χ1n) is 5.02. The van der Waals surface area contributed by atoms with Gasteiger partial charge in [0, 0.05) is 12.1 Å². The molecule has 2 heteroatoms. The minimum atomic E-state index is 0.289. The van der Waals surface area contributed by atoms with Gasteiger partial charge in [0.1, 0.15) is 0 Å². The average Bonchev–Trinajstić information content (AvgIpc) is 2.27. The quantitative estimate of drug-likeness (QED) is 0.755. The Bertz CT molecular complexity index is 405. The topological polar surface area (TPSA) is 35.8 Å². The van der Waals surface area contributed by atoms with Crippen molar-refractivity contribution in [2.24, 2.45) is 0 Å². The molecule has 0 aliphatic carbocycles. The fourth-order valence-electron chi connectivity index (χ4n) is 1.21. The third kappa shape index (κ3) is 4.31. The lowest BCUT2D eigenvalue weighted by atomic mass is 10.1. The summed E-state index contributed by atoms with van der Waals surface area (Å²) in [6, 6.07) is 10.1. The largest absolute Gasteiger partial charge is 0.313 e. The van der Waals surface area contributed by atoms with E-state index < -0.39 is 0 Å². The molecule has 2 nitrogen and oxygen atoms in total. The Hall–Kier alpha value is -1.77. The van der Waals surface area contributed by atoms with Crippen LogP contribution < -0.4 is 5.32 Å². The van der Waals surface area contributed by atoms with E-state index in [0.717, 1.165) is 18.7 Å². The van der Waals surface area contributed by atoms with E-state index in [4.69, 9.17) is 5.26 Å². The van der Waals surface area contributed by atoms with Gasteiger partial charge in [-0.2, -0.15) is 5.26 Å². The molecule has 0 unspecified atom stereocenters. The van der Waals surface area contributed by atoms with Gasteiger partial charge in [-0.1, -0.05) is 30.9 Å². The molecule has 0 atom stereocenters. The minimum Gasteiger partial charge on any atom is -0.313 e. The second-order valence-electron chi connectivity index (χ2n) is 3.12. The van der Waals surface area contributed by atoms with Crippen LogP contribution in [0.15, 0.2) is 24.3 Å². The monoisotopic (exact) mass is 198 g/mol. The number of rotatable bonds is 3. The van der Waals surface area contributed by atoms with Crippen LogP contribution in [0.4, 0.5) is 0 Å². The maximum absolute atomic E-state index is 8.35. The van der Waals surface area contributed by atoms with Crippen LogP contribution in [-0.2, 0) is 6.54 Å². The molecule has 0 fully saturated rings. The van der Waals surface area contributed by atoms with Gasteiger partial charge < -0.3 is 5.32 Å². The number of nitriles is 1. The summed E-state index contributed by atoms with van der Waals surface area (Å²) in [5, 5.41) is 11.6. The van der Waals surface area contributed by atoms with Crippen LogP contribution in [0, 0.1) is 23.2 Å². The lowest BCUT2D eigenvalue weighted by molar-refractivity contribution is 0.727. The van der Waals surface area contributed by atoms with Crippen molar-refractivity contribution in [2.75, 3.05) is 6.54 Å². The molecule has 0 aromatic heterocycles. The van der Waals surface area contributed by atoms with E-state index in [-0.39, 0.29) is 6.42 Å². The summed E-state index contributed by atoms with van der Waals surface area (Å²) in [5.41, 5.74) is 2.20. The van der Waals surface area contributed by atoms with Gasteiger partial charge in [-0.3, -0.25) is 0 Å². The van der Waals surface area contributed by atoms with Crippen LogP contribution in [0.2, 0.25) is 0 Å². The maximum Gasteiger partial charge on any atom is 0.0966 e. The zero-order valence-corrected chi connectivity index (χ0v) is 8.88. The Kier molecular flexibility index (Phi) is 5.01. The molecule has 0 aliphatic rings. The number of benzene rings is 1. The van der Waals surface area contributed by atoms with E-state index in [0.29, 0.717) is 0 Å². The molecule has 76 valence electrons. The Morgan fingerprint density at radius 2 is 2.27 bits per heavy atom. The van der Waals surface area contributed by atoms with Gasteiger partial charge in [0.05, 0.1) is 12.5 Å². The highest BCUT2D eigenvalue weighted by Crippen LogP contribution is 2.03. The van der Waals surface area contributed by atoms with Crippen LogP contribution in [-0.4, -0.2) is 6.54 Å². The number of hydrogen-bond acceptors (Lipinski definition) is 2. The zero-order valence-electron chi connectivity index (χ0n) is 8.88. The predicted molar refractivity (Wildman–Crippen MR) is 60.9 cm³/mol. The lowest BCUT2D eigenvalue weighted by Gasteiger charge is -2.01. The van der Waals surface area contributed by atoms with Crippen LogP contribution in [0.25, 0.3) is 0 Å².